The van der Waals surface area contributed by atoms with Gasteiger partial charge >= 0.3 is 6.18 Å². The summed E-state index contributed by atoms with van der Waals surface area (Å²) in [5, 5.41) is 5.56. The molecule has 0 spiro atoms. The highest BCUT2D eigenvalue weighted by molar-refractivity contribution is 7.10. The largest absolute Gasteiger partial charge is 0.401 e. The van der Waals surface area contributed by atoms with E-state index in [9.17, 15) is 13.2 Å². The molecule has 0 aromatic carbocycles. The number of hydrogen-bond donors (Lipinski definition) is 1. The van der Waals surface area contributed by atoms with Crippen LogP contribution in [-0.2, 0) is 0 Å². The van der Waals surface area contributed by atoms with Crippen molar-refractivity contribution in [3.8, 4) is 0 Å². The molecule has 1 N–H and O–H groups in total. The smallest absolute Gasteiger partial charge is 0.309 e. The first-order valence-corrected chi connectivity index (χ1v) is 7.92. The van der Waals surface area contributed by atoms with Crippen molar-refractivity contribution in [2.45, 2.75) is 32.0 Å². The highest BCUT2D eigenvalue weighted by Crippen LogP contribution is 2.25. The van der Waals surface area contributed by atoms with Crippen LogP contribution in [-0.4, -0.2) is 37.3 Å². The maximum atomic E-state index is 12.3. The van der Waals surface area contributed by atoms with Gasteiger partial charge in [0.2, 0.25) is 0 Å². The Morgan fingerprint density at radius 2 is 2.30 bits per heavy atom. The van der Waals surface area contributed by atoms with Crippen LogP contribution in [0, 0.1) is 5.92 Å². The lowest BCUT2D eigenvalue weighted by Gasteiger charge is -2.20. The maximum absolute atomic E-state index is 12.3. The summed E-state index contributed by atoms with van der Waals surface area (Å²) in [5.74, 6) is 0.325. The summed E-state index contributed by atoms with van der Waals surface area (Å²) in [5.41, 5.74) is 0. The standard InChI is InChI=1S/C14H21F3N2S/c1-2-12(13-4-3-7-20-13)18-8-11-5-6-19(9-11)10-14(15,16)17/h3-4,7,11-12,18H,2,5-6,8-10H2,1H3. The SMILES string of the molecule is CCC(NCC1CCN(CC(F)(F)F)C1)c1cccs1. The molecule has 20 heavy (non-hydrogen) atoms. The monoisotopic (exact) mass is 306 g/mol. The third kappa shape index (κ3) is 4.75. The van der Waals surface area contributed by atoms with Crippen molar-refractivity contribution in [3.05, 3.63) is 22.4 Å². The summed E-state index contributed by atoms with van der Waals surface area (Å²) < 4.78 is 37.0. The van der Waals surface area contributed by atoms with Crippen molar-refractivity contribution >= 4 is 11.3 Å². The molecule has 1 aliphatic heterocycles. The van der Waals surface area contributed by atoms with Gasteiger partial charge in [-0.1, -0.05) is 13.0 Å². The van der Waals surface area contributed by atoms with Crippen LogP contribution in [0.4, 0.5) is 13.2 Å². The van der Waals surface area contributed by atoms with E-state index in [2.05, 4.69) is 23.7 Å². The molecule has 1 aromatic rings. The van der Waals surface area contributed by atoms with Crippen molar-refractivity contribution < 1.29 is 13.2 Å². The van der Waals surface area contributed by atoms with Crippen molar-refractivity contribution in [2.24, 2.45) is 5.92 Å². The van der Waals surface area contributed by atoms with E-state index in [1.165, 1.54) is 9.78 Å². The van der Waals surface area contributed by atoms with Crippen molar-refractivity contribution in [3.63, 3.8) is 0 Å². The minimum atomic E-state index is -4.08. The highest BCUT2D eigenvalue weighted by Gasteiger charge is 2.34. The molecule has 0 amide bonds. The van der Waals surface area contributed by atoms with E-state index in [1.54, 1.807) is 11.3 Å². The predicted molar refractivity (Wildman–Crippen MR) is 76.0 cm³/mol. The Bertz CT molecular complexity index is 392. The second-order valence-electron chi connectivity index (χ2n) is 5.39. The van der Waals surface area contributed by atoms with Crippen molar-refractivity contribution in [1.82, 2.24) is 10.2 Å². The molecule has 2 rings (SSSR count). The molecule has 0 radical (unpaired) electrons. The minimum Gasteiger partial charge on any atom is -0.309 e. The molecular formula is C14H21F3N2S. The Hall–Kier alpha value is -0.590. The van der Waals surface area contributed by atoms with Gasteiger partial charge in [0, 0.05) is 17.5 Å². The Labute approximate surface area is 122 Å². The second-order valence-corrected chi connectivity index (χ2v) is 6.37. The van der Waals surface area contributed by atoms with Crippen LogP contribution in [0.2, 0.25) is 0 Å². The zero-order valence-corrected chi connectivity index (χ0v) is 12.4. The van der Waals surface area contributed by atoms with Gasteiger partial charge in [0.1, 0.15) is 0 Å². The third-order valence-corrected chi connectivity index (χ3v) is 4.71. The molecule has 1 aromatic heterocycles. The minimum absolute atomic E-state index is 0.325. The van der Waals surface area contributed by atoms with Gasteiger partial charge in [-0.3, -0.25) is 4.90 Å². The van der Waals surface area contributed by atoms with Crippen LogP contribution in [0.3, 0.4) is 0 Å². The first kappa shape index (κ1) is 15.8. The number of halogens is 3. The summed E-state index contributed by atoms with van der Waals surface area (Å²) in [4.78, 5) is 2.82. The Morgan fingerprint density at radius 3 is 2.90 bits per heavy atom. The van der Waals surface area contributed by atoms with E-state index in [1.807, 2.05) is 6.07 Å². The van der Waals surface area contributed by atoms with Gasteiger partial charge in [-0.25, -0.2) is 0 Å². The quantitative estimate of drug-likeness (QED) is 0.862. The number of thiophene rings is 1. The number of rotatable bonds is 6. The number of nitrogens with one attached hydrogen (secondary N) is 1. The van der Waals surface area contributed by atoms with Crippen LogP contribution in [0.5, 0.6) is 0 Å². The molecule has 0 aliphatic carbocycles. The molecule has 0 saturated carbocycles. The second kappa shape index (κ2) is 6.91. The summed E-state index contributed by atoms with van der Waals surface area (Å²) >= 11 is 1.72. The number of nitrogens with zero attached hydrogens (tertiary/aromatic N) is 1. The van der Waals surface area contributed by atoms with Gasteiger partial charge in [-0.2, -0.15) is 13.2 Å². The van der Waals surface area contributed by atoms with Gasteiger partial charge in [0.25, 0.3) is 0 Å². The average Bonchev–Trinajstić information content (AvgIpc) is 3.00. The van der Waals surface area contributed by atoms with E-state index in [-0.39, 0.29) is 0 Å². The Balaban J connectivity index is 1.75. The van der Waals surface area contributed by atoms with Crippen LogP contribution >= 0.6 is 11.3 Å². The zero-order valence-electron chi connectivity index (χ0n) is 11.6. The summed E-state index contributed by atoms with van der Waals surface area (Å²) in [6, 6.07) is 4.47. The fourth-order valence-corrected chi connectivity index (χ4v) is 3.61. The van der Waals surface area contributed by atoms with Crippen LogP contribution < -0.4 is 5.32 Å². The normalized spacial score (nSPS) is 22.3. The van der Waals surface area contributed by atoms with Gasteiger partial charge in [-0.05, 0) is 43.3 Å². The summed E-state index contributed by atoms with van der Waals surface area (Å²) in [6.45, 7) is 3.26. The van der Waals surface area contributed by atoms with Crippen LogP contribution in [0.25, 0.3) is 0 Å². The van der Waals surface area contributed by atoms with E-state index in [0.29, 0.717) is 25.0 Å². The molecule has 2 heterocycles. The van der Waals surface area contributed by atoms with Gasteiger partial charge in [-0.15, -0.1) is 11.3 Å². The van der Waals surface area contributed by atoms with E-state index in [0.717, 1.165) is 19.4 Å². The molecule has 1 fully saturated rings. The summed E-state index contributed by atoms with van der Waals surface area (Å²) in [6.07, 6.45) is -2.23. The Morgan fingerprint density at radius 1 is 1.50 bits per heavy atom. The number of likely N-dealkylation sites (tertiary alicyclic amines) is 1. The van der Waals surface area contributed by atoms with Crippen molar-refractivity contribution in [1.29, 1.82) is 0 Å². The first-order chi connectivity index (χ1) is 9.48. The van der Waals surface area contributed by atoms with Gasteiger partial charge in [0.15, 0.2) is 0 Å². The van der Waals surface area contributed by atoms with Crippen LogP contribution in [0.15, 0.2) is 17.5 Å². The lowest BCUT2D eigenvalue weighted by Crippen LogP contribution is -2.34. The lowest BCUT2D eigenvalue weighted by atomic mass is 10.1. The lowest BCUT2D eigenvalue weighted by molar-refractivity contribution is -0.143. The molecule has 0 bridgehead atoms. The predicted octanol–water partition coefficient (Wildman–Crippen LogP) is 3.67. The molecule has 114 valence electrons. The molecule has 2 atom stereocenters. The molecule has 2 nitrogen and oxygen atoms in total. The van der Waals surface area contributed by atoms with E-state index in [4.69, 9.17) is 0 Å². The maximum Gasteiger partial charge on any atom is 0.401 e. The molecular weight excluding hydrogens is 285 g/mol. The fraction of sp³-hybridized carbons (Fsp3) is 0.714. The average molecular weight is 306 g/mol. The van der Waals surface area contributed by atoms with E-state index < -0.39 is 12.7 Å². The van der Waals surface area contributed by atoms with Crippen LogP contribution in [0.1, 0.15) is 30.7 Å². The van der Waals surface area contributed by atoms with Gasteiger partial charge < -0.3 is 5.32 Å². The molecule has 2 unspecified atom stereocenters. The zero-order chi connectivity index (χ0) is 14.6. The third-order valence-electron chi connectivity index (χ3n) is 3.72. The summed E-state index contributed by atoms with van der Waals surface area (Å²) in [7, 11) is 0. The first-order valence-electron chi connectivity index (χ1n) is 7.04. The number of alkyl halides is 3. The molecule has 6 heteroatoms. The van der Waals surface area contributed by atoms with E-state index >= 15 is 0 Å². The highest BCUT2D eigenvalue weighted by atomic mass is 32.1. The van der Waals surface area contributed by atoms with Crippen molar-refractivity contribution in [2.75, 3.05) is 26.2 Å². The fourth-order valence-electron chi connectivity index (χ4n) is 2.72. The topological polar surface area (TPSA) is 15.3 Å². The Kier molecular flexibility index (Phi) is 5.46. The molecule has 1 saturated heterocycles. The molecule has 1 aliphatic rings. The number of hydrogen-bond acceptors (Lipinski definition) is 3. The van der Waals surface area contributed by atoms with Gasteiger partial charge in [0.05, 0.1) is 6.54 Å².